The number of rotatable bonds is 4. The fraction of sp³-hybridized carbons (Fsp3) is 0.0909. The number of carbonyl (C=O) groups excluding carboxylic acids is 2. The largest absolute Gasteiger partial charge is 0.325 e. The summed E-state index contributed by atoms with van der Waals surface area (Å²) in [5.74, 6) is -0.271. The van der Waals surface area contributed by atoms with Crippen LogP contribution in [0.4, 0.5) is 4.79 Å². The van der Waals surface area contributed by atoms with Gasteiger partial charge in [-0.1, -0.05) is 88.7 Å². The van der Waals surface area contributed by atoms with Gasteiger partial charge in [0.15, 0.2) is 5.54 Å². The van der Waals surface area contributed by atoms with Crippen LogP contribution >= 0.6 is 15.9 Å². The molecule has 0 saturated carbocycles. The van der Waals surface area contributed by atoms with Crippen LogP contribution in [0, 0.1) is 0 Å². The van der Waals surface area contributed by atoms with E-state index in [1.165, 1.54) is 4.90 Å². The summed E-state index contributed by atoms with van der Waals surface area (Å²) in [5, 5.41) is 2.96. The molecule has 1 fully saturated rings. The van der Waals surface area contributed by atoms with Crippen molar-refractivity contribution in [2.75, 3.05) is 0 Å². The van der Waals surface area contributed by atoms with Gasteiger partial charge in [0.2, 0.25) is 0 Å². The SMILES string of the molecule is O=C1NC(c2ccccc2)(c2ccccc2)C(=O)N1Cc1ccc(Br)cc1. The van der Waals surface area contributed by atoms with E-state index in [0.717, 1.165) is 21.2 Å². The molecule has 1 N–H and O–H groups in total. The second kappa shape index (κ2) is 7.00. The first kappa shape index (κ1) is 17.5. The highest BCUT2D eigenvalue weighted by Crippen LogP contribution is 2.36. The maximum atomic E-state index is 13.5. The number of urea groups is 1. The molecule has 4 nitrogen and oxygen atoms in total. The average Bonchev–Trinajstić information content (AvgIpc) is 2.96. The minimum atomic E-state index is -1.21. The van der Waals surface area contributed by atoms with E-state index in [9.17, 15) is 9.59 Å². The van der Waals surface area contributed by atoms with Gasteiger partial charge in [0.05, 0.1) is 6.54 Å². The van der Waals surface area contributed by atoms with E-state index in [0.29, 0.717) is 0 Å². The normalized spacial score (nSPS) is 15.7. The molecule has 0 unspecified atom stereocenters. The number of benzene rings is 3. The lowest BCUT2D eigenvalue weighted by atomic mass is 9.82. The van der Waals surface area contributed by atoms with E-state index >= 15 is 0 Å². The van der Waals surface area contributed by atoms with Crippen molar-refractivity contribution in [2.24, 2.45) is 0 Å². The zero-order valence-electron chi connectivity index (χ0n) is 14.4. The first-order valence-corrected chi connectivity index (χ1v) is 9.40. The van der Waals surface area contributed by atoms with Crippen LogP contribution in [-0.2, 0) is 16.9 Å². The zero-order chi connectivity index (χ0) is 18.9. The van der Waals surface area contributed by atoms with Gasteiger partial charge in [0.25, 0.3) is 5.91 Å². The minimum absolute atomic E-state index is 0.222. The molecule has 1 saturated heterocycles. The van der Waals surface area contributed by atoms with Gasteiger partial charge in [0.1, 0.15) is 0 Å². The fourth-order valence-electron chi connectivity index (χ4n) is 3.43. The number of hydrogen-bond donors (Lipinski definition) is 1. The summed E-state index contributed by atoms with van der Waals surface area (Å²) in [6.07, 6.45) is 0. The van der Waals surface area contributed by atoms with Crippen LogP contribution in [0.2, 0.25) is 0 Å². The van der Waals surface area contributed by atoms with Gasteiger partial charge in [-0.25, -0.2) is 4.79 Å². The fourth-order valence-corrected chi connectivity index (χ4v) is 3.69. The number of imide groups is 1. The maximum Gasteiger partial charge on any atom is 0.325 e. The number of amides is 3. The van der Waals surface area contributed by atoms with Gasteiger partial charge in [-0.05, 0) is 28.8 Å². The highest BCUT2D eigenvalue weighted by atomic mass is 79.9. The Kier molecular flexibility index (Phi) is 4.54. The van der Waals surface area contributed by atoms with Gasteiger partial charge >= 0.3 is 6.03 Å². The maximum absolute atomic E-state index is 13.5. The molecular formula is C22H17BrN2O2. The summed E-state index contributed by atoms with van der Waals surface area (Å²) in [5.41, 5.74) is 1.16. The minimum Gasteiger partial charge on any atom is -0.315 e. The molecule has 4 rings (SSSR count). The van der Waals surface area contributed by atoms with Crippen LogP contribution in [0.1, 0.15) is 16.7 Å². The van der Waals surface area contributed by atoms with E-state index in [1.807, 2.05) is 84.9 Å². The van der Waals surface area contributed by atoms with E-state index in [1.54, 1.807) is 0 Å². The Morgan fingerprint density at radius 2 is 1.30 bits per heavy atom. The van der Waals surface area contributed by atoms with Crippen molar-refractivity contribution in [3.05, 3.63) is 106 Å². The summed E-state index contributed by atoms with van der Waals surface area (Å²) in [7, 11) is 0. The first-order chi connectivity index (χ1) is 13.1. The smallest absolute Gasteiger partial charge is 0.315 e. The van der Waals surface area contributed by atoms with Gasteiger partial charge in [-0.15, -0.1) is 0 Å². The number of carbonyl (C=O) groups is 2. The Labute approximate surface area is 165 Å². The van der Waals surface area contributed by atoms with E-state index in [2.05, 4.69) is 21.2 Å². The topological polar surface area (TPSA) is 49.4 Å². The van der Waals surface area contributed by atoms with E-state index in [4.69, 9.17) is 0 Å². The molecule has 1 aliphatic heterocycles. The van der Waals surface area contributed by atoms with Crippen LogP contribution < -0.4 is 5.32 Å². The summed E-state index contributed by atoms with van der Waals surface area (Å²) >= 11 is 3.40. The molecule has 0 spiro atoms. The van der Waals surface area contributed by atoms with E-state index < -0.39 is 11.6 Å². The van der Waals surface area contributed by atoms with Crippen molar-refractivity contribution in [3.63, 3.8) is 0 Å². The third kappa shape index (κ3) is 3.04. The second-order valence-electron chi connectivity index (χ2n) is 6.43. The van der Waals surface area contributed by atoms with Crippen molar-refractivity contribution < 1.29 is 9.59 Å². The lowest BCUT2D eigenvalue weighted by Crippen LogP contribution is -2.45. The molecule has 27 heavy (non-hydrogen) atoms. The summed E-state index contributed by atoms with van der Waals surface area (Å²) in [4.78, 5) is 27.6. The quantitative estimate of drug-likeness (QED) is 0.634. The lowest BCUT2D eigenvalue weighted by molar-refractivity contribution is -0.130. The van der Waals surface area contributed by atoms with Crippen molar-refractivity contribution in [1.82, 2.24) is 10.2 Å². The zero-order valence-corrected chi connectivity index (χ0v) is 16.0. The highest BCUT2D eigenvalue weighted by molar-refractivity contribution is 9.10. The molecule has 0 aliphatic carbocycles. The molecule has 5 heteroatoms. The second-order valence-corrected chi connectivity index (χ2v) is 7.35. The lowest BCUT2D eigenvalue weighted by Gasteiger charge is -2.28. The van der Waals surface area contributed by atoms with Crippen LogP contribution in [0.15, 0.2) is 89.4 Å². The monoisotopic (exact) mass is 420 g/mol. The number of nitrogens with one attached hydrogen (secondary N) is 1. The van der Waals surface area contributed by atoms with Crippen molar-refractivity contribution in [3.8, 4) is 0 Å². The summed E-state index contributed by atoms with van der Waals surface area (Å²) in [6.45, 7) is 0.222. The number of halogens is 1. The molecule has 0 aromatic heterocycles. The van der Waals surface area contributed by atoms with E-state index in [-0.39, 0.29) is 12.5 Å². The molecule has 3 amide bonds. The van der Waals surface area contributed by atoms with Gasteiger partial charge in [-0.3, -0.25) is 9.69 Å². The molecule has 1 heterocycles. The first-order valence-electron chi connectivity index (χ1n) is 8.61. The third-order valence-corrected chi connectivity index (χ3v) is 5.30. The third-order valence-electron chi connectivity index (χ3n) is 4.77. The molecular weight excluding hydrogens is 404 g/mol. The Hall–Kier alpha value is -2.92. The molecule has 1 aliphatic rings. The van der Waals surface area contributed by atoms with Crippen molar-refractivity contribution in [1.29, 1.82) is 0 Å². The van der Waals surface area contributed by atoms with Crippen LogP contribution in [0.25, 0.3) is 0 Å². The standard InChI is InChI=1S/C22H17BrN2O2/c23-19-13-11-16(12-14-19)15-25-20(26)22(24-21(25)27,17-7-3-1-4-8-17)18-9-5-2-6-10-18/h1-14H,15H2,(H,24,27). The van der Waals surface area contributed by atoms with Crippen molar-refractivity contribution in [2.45, 2.75) is 12.1 Å². The summed E-state index contributed by atoms with van der Waals surface area (Å²) in [6, 6.07) is 25.9. The number of hydrogen-bond acceptors (Lipinski definition) is 2. The molecule has 0 atom stereocenters. The van der Waals surface area contributed by atoms with Crippen molar-refractivity contribution >= 4 is 27.9 Å². The number of nitrogens with zero attached hydrogens (tertiary/aromatic N) is 1. The average molecular weight is 421 g/mol. The molecule has 3 aromatic carbocycles. The van der Waals surface area contributed by atoms with Gasteiger partial charge < -0.3 is 5.32 Å². The highest BCUT2D eigenvalue weighted by Gasteiger charge is 2.53. The molecule has 3 aromatic rings. The van der Waals surface area contributed by atoms with Crippen LogP contribution in [-0.4, -0.2) is 16.8 Å². The Morgan fingerprint density at radius 1 is 0.778 bits per heavy atom. The summed E-state index contributed by atoms with van der Waals surface area (Å²) < 4.78 is 0.950. The Bertz CT molecular complexity index is 933. The van der Waals surface area contributed by atoms with Crippen LogP contribution in [0.3, 0.4) is 0 Å². The van der Waals surface area contributed by atoms with Gasteiger partial charge in [0, 0.05) is 4.47 Å². The Morgan fingerprint density at radius 3 is 1.81 bits per heavy atom. The molecule has 0 bridgehead atoms. The predicted molar refractivity (Wildman–Crippen MR) is 107 cm³/mol. The van der Waals surface area contributed by atoms with Crippen LogP contribution in [0.5, 0.6) is 0 Å². The Balaban J connectivity index is 1.78. The molecule has 134 valence electrons. The molecule has 0 radical (unpaired) electrons. The van der Waals surface area contributed by atoms with Gasteiger partial charge in [-0.2, -0.15) is 0 Å². The predicted octanol–water partition coefficient (Wildman–Crippen LogP) is 4.44.